The maximum atomic E-state index is 13.5. The number of thioether (sulfide) groups is 1. The summed E-state index contributed by atoms with van der Waals surface area (Å²) in [5, 5.41) is 9.17. The Hall–Kier alpha value is -1.56. The molecule has 0 saturated carbocycles. The van der Waals surface area contributed by atoms with Gasteiger partial charge in [-0.25, -0.2) is 14.2 Å². The van der Waals surface area contributed by atoms with E-state index < -0.39 is 11.8 Å². The van der Waals surface area contributed by atoms with E-state index in [1.165, 1.54) is 12.1 Å². The molecule has 0 amide bonds. The molecule has 3 rings (SSSR count). The molecule has 1 aliphatic rings. The van der Waals surface area contributed by atoms with Crippen molar-refractivity contribution in [3.05, 3.63) is 29.3 Å². The second kappa shape index (κ2) is 4.28. The Kier molecular flexibility index (Phi) is 2.74. The van der Waals surface area contributed by atoms with E-state index in [0.29, 0.717) is 16.3 Å². The number of aromatic amines is 1. The highest BCUT2D eigenvalue weighted by Gasteiger charge is 2.22. The highest BCUT2D eigenvalue weighted by Crippen LogP contribution is 2.39. The number of halogens is 1. The van der Waals surface area contributed by atoms with Crippen molar-refractivity contribution in [2.75, 3.05) is 5.75 Å². The zero-order chi connectivity index (χ0) is 12.7. The van der Waals surface area contributed by atoms with Gasteiger partial charge in [0, 0.05) is 6.07 Å². The van der Waals surface area contributed by atoms with E-state index in [0.717, 1.165) is 24.4 Å². The number of imidazole rings is 1. The first kappa shape index (κ1) is 11.5. The predicted molar refractivity (Wildman–Crippen MR) is 67.4 cm³/mol. The number of rotatable bonds is 2. The third-order valence-electron chi connectivity index (χ3n) is 3.05. The molecule has 94 valence electrons. The summed E-state index contributed by atoms with van der Waals surface area (Å²) in [6, 6.07) is 2.49. The molecule has 1 fully saturated rings. The molecule has 2 heterocycles. The first-order valence-electron chi connectivity index (χ1n) is 5.69. The number of benzene rings is 1. The number of carboxylic acids is 1. The molecule has 0 aliphatic carbocycles. The average Bonchev–Trinajstić information content (AvgIpc) is 2.95. The van der Waals surface area contributed by atoms with Crippen molar-refractivity contribution in [1.82, 2.24) is 9.97 Å². The minimum Gasteiger partial charge on any atom is -0.478 e. The number of carboxylic acid groups (broad SMARTS) is 1. The smallest absolute Gasteiger partial charge is 0.338 e. The lowest BCUT2D eigenvalue weighted by Gasteiger charge is -2.01. The van der Waals surface area contributed by atoms with Gasteiger partial charge in [-0.2, -0.15) is 11.8 Å². The van der Waals surface area contributed by atoms with Crippen LogP contribution in [0.2, 0.25) is 0 Å². The van der Waals surface area contributed by atoms with Gasteiger partial charge in [0.15, 0.2) is 0 Å². The van der Waals surface area contributed by atoms with Crippen LogP contribution in [0.25, 0.3) is 11.0 Å². The Morgan fingerprint density at radius 1 is 1.56 bits per heavy atom. The monoisotopic (exact) mass is 266 g/mol. The standard InChI is InChI=1S/C12H11FN2O2S/c13-7-5-9-8(4-6(7)12(16)17)14-11(15-9)10-2-1-3-18-10/h4-5,10H,1-3H2,(H,14,15)(H,16,17). The maximum Gasteiger partial charge on any atom is 0.338 e. The van der Waals surface area contributed by atoms with Crippen LogP contribution in [0.5, 0.6) is 0 Å². The van der Waals surface area contributed by atoms with E-state index in [9.17, 15) is 9.18 Å². The molecule has 0 radical (unpaired) electrons. The van der Waals surface area contributed by atoms with Crippen LogP contribution >= 0.6 is 11.8 Å². The third kappa shape index (κ3) is 1.86. The number of hydrogen-bond donors (Lipinski definition) is 2. The number of nitrogens with zero attached hydrogens (tertiary/aromatic N) is 1. The Bertz CT molecular complexity index is 620. The van der Waals surface area contributed by atoms with Gasteiger partial charge in [-0.3, -0.25) is 0 Å². The van der Waals surface area contributed by atoms with Crippen molar-refractivity contribution in [2.45, 2.75) is 18.1 Å². The first-order valence-corrected chi connectivity index (χ1v) is 6.74. The van der Waals surface area contributed by atoms with Gasteiger partial charge in [-0.05, 0) is 24.7 Å². The normalized spacial score (nSPS) is 19.5. The molecule has 1 atom stereocenters. The molecule has 0 spiro atoms. The minimum atomic E-state index is -1.27. The van der Waals surface area contributed by atoms with Gasteiger partial charge in [0.1, 0.15) is 11.6 Å². The second-order valence-corrected chi connectivity index (χ2v) is 5.59. The third-order valence-corrected chi connectivity index (χ3v) is 4.44. The molecule has 1 saturated heterocycles. The number of aromatic carboxylic acids is 1. The number of carbonyl (C=O) groups is 1. The molecule has 2 aromatic rings. The second-order valence-electron chi connectivity index (χ2n) is 4.28. The molecule has 1 aliphatic heterocycles. The van der Waals surface area contributed by atoms with E-state index in [-0.39, 0.29) is 5.56 Å². The molecule has 0 bridgehead atoms. The highest BCUT2D eigenvalue weighted by molar-refractivity contribution is 7.99. The van der Waals surface area contributed by atoms with Crippen LogP contribution in [0, 0.1) is 5.82 Å². The van der Waals surface area contributed by atoms with E-state index in [1.54, 1.807) is 0 Å². The molecule has 2 N–H and O–H groups in total. The largest absolute Gasteiger partial charge is 0.478 e. The Balaban J connectivity index is 2.08. The fourth-order valence-electron chi connectivity index (χ4n) is 2.16. The van der Waals surface area contributed by atoms with Gasteiger partial charge in [0.25, 0.3) is 0 Å². The number of aromatic nitrogens is 2. The molecular formula is C12H11FN2O2S. The molecule has 1 aromatic heterocycles. The summed E-state index contributed by atoms with van der Waals surface area (Å²) in [4.78, 5) is 18.3. The maximum absolute atomic E-state index is 13.5. The first-order chi connectivity index (χ1) is 8.65. The summed E-state index contributed by atoms with van der Waals surface area (Å²) in [6.07, 6.45) is 2.21. The van der Waals surface area contributed by atoms with Crippen molar-refractivity contribution < 1.29 is 14.3 Å². The van der Waals surface area contributed by atoms with Crippen LogP contribution in [0.1, 0.15) is 34.3 Å². The van der Waals surface area contributed by atoms with Gasteiger partial charge in [0.05, 0.1) is 21.8 Å². The van der Waals surface area contributed by atoms with Gasteiger partial charge in [0.2, 0.25) is 0 Å². The molecule has 4 nitrogen and oxygen atoms in total. The summed E-state index contributed by atoms with van der Waals surface area (Å²) in [5.74, 6) is -0.0795. The average molecular weight is 266 g/mol. The number of H-pyrrole nitrogens is 1. The molecule has 1 unspecified atom stereocenters. The fourth-order valence-corrected chi connectivity index (χ4v) is 3.38. The predicted octanol–water partition coefficient (Wildman–Crippen LogP) is 2.97. The molecule has 6 heteroatoms. The van der Waals surface area contributed by atoms with Gasteiger partial charge in [-0.1, -0.05) is 0 Å². The van der Waals surface area contributed by atoms with E-state index in [4.69, 9.17) is 5.11 Å². The van der Waals surface area contributed by atoms with E-state index >= 15 is 0 Å². The minimum absolute atomic E-state index is 0.314. The van der Waals surface area contributed by atoms with Gasteiger partial charge < -0.3 is 10.1 Å². The van der Waals surface area contributed by atoms with Crippen molar-refractivity contribution in [2.24, 2.45) is 0 Å². The van der Waals surface area contributed by atoms with Crippen LogP contribution in [0.15, 0.2) is 12.1 Å². The van der Waals surface area contributed by atoms with Crippen LogP contribution in [0.4, 0.5) is 4.39 Å². The van der Waals surface area contributed by atoms with E-state index in [1.807, 2.05) is 11.8 Å². The molecule has 1 aromatic carbocycles. The molecular weight excluding hydrogens is 255 g/mol. The summed E-state index contributed by atoms with van der Waals surface area (Å²) in [6.45, 7) is 0. The molecule has 18 heavy (non-hydrogen) atoms. The fraction of sp³-hybridized carbons (Fsp3) is 0.333. The van der Waals surface area contributed by atoms with Crippen LogP contribution in [-0.2, 0) is 0 Å². The van der Waals surface area contributed by atoms with Gasteiger partial charge in [-0.15, -0.1) is 0 Å². The number of hydrogen-bond acceptors (Lipinski definition) is 3. The van der Waals surface area contributed by atoms with Crippen molar-refractivity contribution in [3.8, 4) is 0 Å². The lowest BCUT2D eigenvalue weighted by molar-refractivity contribution is 0.0692. The summed E-state index contributed by atoms with van der Waals surface area (Å²) < 4.78 is 13.5. The SMILES string of the molecule is O=C(O)c1cc2nc(C3CCCS3)[nH]c2cc1F. The number of nitrogens with one attached hydrogen (secondary N) is 1. The van der Waals surface area contributed by atoms with E-state index in [2.05, 4.69) is 9.97 Å². The van der Waals surface area contributed by atoms with Crippen molar-refractivity contribution >= 4 is 28.8 Å². The van der Waals surface area contributed by atoms with Crippen molar-refractivity contribution in [3.63, 3.8) is 0 Å². The Morgan fingerprint density at radius 2 is 2.39 bits per heavy atom. The van der Waals surface area contributed by atoms with Gasteiger partial charge >= 0.3 is 5.97 Å². The quantitative estimate of drug-likeness (QED) is 0.877. The van der Waals surface area contributed by atoms with Crippen LogP contribution in [0.3, 0.4) is 0 Å². The van der Waals surface area contributed by atoms with Crippen molar-refractivity contribution in [1.29, 1.82) is 0 Å². The Labute approximate surface area is 107 Å². The summed E-state index contributed by atoms with van der Waals surface area (Å²) in [5.41, 5.74) is 0.732. The lowest BCUT2D eigenvalue weighted by atomic mass is 10.2. The zero-order valence-electron chi connectivity index (χ0n) is 9.44. The Morgan fingerprint density at radius 3 is 3.06 bits per heavy atom. The summed E-state index contributed by atoms with van der Waals surface area (Å²) >= 11 is 1.82. The lowest BCUT2D eigenvalue weighted by Crippen LogP contribution is -1.99. The number of fused-ring (bicyclic) bond motifs is 1. The van der Waals surface area contributed by atoms with Crippen LogP contribution in [-0.4, -0.2) is 26.8 Å². The summed E-state index contributed by atoms with van der Waals surface area (Å²) in [7, 11) is 0. The van der Waals surface area contributed by atoms with Crippen LogP contribution < -0.4 is 0 Å². The zero-order valence-corrected chi connectivity index (χ0v) is 10.3. The highest BCUT2D eigenvalue weighted by atomic mass is 32.2. The topological polar surface area (TPSA) is 66.0 Å².